The lowest BCUT2D eigenvalue weighted by molar-refractivity contribution is -0.142. The molecule has 2 unspecified atom stereocenters. The summed E-state index contributed by atoms with van der Waals surface area (Å²) in [4.78, 5) is 55.0. The number of nitrogens with zero attached hydrogens (tertiary/aromatic N) is 1. The number of hydrogen-bond donors (Lipinski definition) is 4. The highest BCUT2D eigenvalue weighted by Gasteiger charge is 2.45. The number of likely N-dealkylation sites (tertiary alicyclic amines) is 1. The third-order valence-corrected chi connectivity index (χ3v) is 8.57. The Hall–Kier alpha value is -3.72. The Morgan fingerprint density at radius 1 is 1.00 bits per heavy atom. The van der Waals surface area contributed by atoms with Gasteiger partial charge in [0.25, 0.3) is 0 Å². The van der Waals surface area contributed by atoms with E-state index in [-0.39, 0.29) is 29.5 Å². The fourth-order valence-electron chi connectivity index (χ4n) is 6.16. The maximum Gasteiger partial charge on any atom is 0.245 e. The van der Waals surface area contributed by atoms with Crippen LogP contribution < -0.4 is 21.7 Å². The largest absolute Gasteiger partial charge is 0.359 e. The fraction of sp³-hybridized carbons (Fsp3) is 0.484. The van der Waals surface area contributed by atoms with Gasteiger partial charge in [-0.1, -0.05) is 67.4 Å². The molecule has 0 bridgehead atoms. The summed E-state index contributed by atoms with van der Waals surface area (Å²) < 4.78 is 0. The second-order valence-corrected chi connectivity index (χ2v) is 11.5. The molecule has 0 radical (unpaired) electrons. The van der Waals surface area contributed by atoms with E-state index in [2.05, 4.69) is 16.0 Å². The highest BCUT2D eigenvalue weighted by Crippen LogP contribution is 2.39. The zero-order valence-electron chi connectivity index (χ0n) is 23.1. The maximum absolute atomic E-state index is 14.0. The molecule has 6 atom stereocenters. The van der Waals surface area contributed by atoms with Gasteiger partial charge in [0.1, 0.15) is 12.1 Å². The van der Waals surface area contributed by atoms with E-state index in [1.165, 1.54) is 0 Å². The van der Waals surface area contributed by atoms with E-state index >= 15 is 0 Å². The number of amides is 4. The summed E-state index contributed by atoms with van der Waals surface area (Å²) in [6, 6.07) is 15.0. The first kappa shape index (κ1) is 27.8. The molecule has 2 aromatic rings. The Morgan fingerprint density at radius 3 is 2.38 bits per heavy atom. The highest BCUT2D eigenvalue weighted by molar-refractivity contribution is 5.94. The highest BCUT2D eigenvalue weighted by atomic mass is 16.2. The molecule has 1 saturated carbocycles. The summed E-state index contributed by atoms with van der Waals surface area (Å²) in [5.41, 5.74) is 8.82. The molecule has 9 nitrogen and oxygen atoms in total. The molecule has 9 heteroatoms. The van der Waals surface area contributed by atoms with Gasteiger partial charge < -0.3 is 26.6 Å². The van der Waals surface area contributed by atoms with E-state index in [4.69, 9.17) is 5.73 Å². The Balaban J connectivity index is 1.42. The van der Waals surface area contributed by atoms with Crippen molar-refractivity contribution in [1.29, 1.82) is 0 Å². The zero-order valence-corrected chi connectivity index (χ0v) is 23.1. The summed E-state index contributed by atoms with van der Waals surface area (Å²) in [5.74, 6) is -1.14. The van der Waals surface area contributed by atoms with Crippen LogP contribution in [-0.4, -0.2) is 60.2 Å². The van der Waals surface area contributed by atoms with Gasteiger partial charge in [-0.15, -0.1) is 0 Å². The van der Waals surface area contributed by atoms with Gasteiger partial charge in [-0.3, -0.25) is 19.2 Å². The summed E-state index contributed by atoms with van der Waals surface area (Å²) in [7, 11) is 1.60. The molecule has 0 aromatic heterocycles. The Morgan fingerprint density at radius 2 is 1.70 bits per heavy atom. The van der Waals surface area contributed by atoms with E-state index in [0.29, 0.717) is 31.7 Å². The monoisotopic (exact) mass is 545 g/mol. The number of nitrogens with two attached hydrogens (primary N) is 1. The summed E-state index contributed by atoms with van der Waals surface area (Å²) in [5, 5.41) is 8.73. The second kappa shape index (κ2) is 11.8. The van der Waals surface area contributed by atoms with Crippen molar-refractivity contribution in [3.63, 3.8) is 0 Å². The minimum Gasteiger partial charge on any atom is -0.359 e. The van der Waals surface area contributed by atoms with Crippen LogP contribution in [0.5, 0.6) is 0 Å². The quantitative estimate of drug-likeness (QED) is 0.381. The first-order valence-corrected chi connectivity index (χ1v) is 14.3. The summed E-state index contributed by atoms with van der Waals surface area (Å²) in [6.07, 6.45) is 3.57. The molecule has 1 aliphatic heterocycles. The van der Waals surface area contributed by atoms with Crippen LogP contribution in [0.3, 0.4) is 0 Å². The molecule has 4 amide bonds. The minimum atomic E-state index is -0.742. The van der Waals surface area contributed by atoms with Gasteiger partial charge in [0, 0.05) is 19.5 Å². The molecule has 1 saturated heterocycles. The van der Waals surface area contributed by atoms with Crippen molar-refractivity contribution in [1.82, 2.24) is 20.9 Å². The summed E-state index contributed by atoms with van der Waals surface area (Å²) >= 11 is 0. The van der Waals surface area contributed by atoms with Crippen molar-refractivity contribution in [3.05, 3.63) is 71.3 Å². The second-order valence-electron chi connectivity index (χ2n) is 11.5. The van der Waals surface area contributed by atoms with Gasteiger partial charge in [-0.2, -0.15) is 0 Å². The van der Waals surface area contributed by atoms with Crippen molar-refractivity contribution >= 4 is 23.6 Å². The van der Waals surface area contributed by atoms with E-state index in [1.54, 1.807) is 18.9 Å². The van der Waals surface area contributed by atoms with E-state index in [9.17, 15) is 19.2 Å². The lowest BCUT2D eigenvalue weighted by Gasteiger charge is -2.30. The van der Waals surface area contributed by atoms with Crippen molar-refractivity contribution < 1.29 is 19.2 Å². The Kier molecular flexibility index (Phi) is 8.21. The molecule has 5 rings (SSSR count). The predicted octanol–water partition coefficient (Wildman–Crippen LogP) is 1.78. The lowest BCUT2D eigenvalue weighted by Crippen LogP contribution is -2.56. The van der Waals surface area contributed by atoms with Crippen LogP contribution >= 0.6 is 0 Å². The van der Waals surface area contributed by atoms with Crippen LogP contribution in [-0.2, 0) is 25.6 Å². The molecule has 5 N–H and O–H groups in total. The number of carbonyl (C=O) groups excluding carboxylic acids is 4. The predicted molar refractivity (Wildman–Crippen MR) is 151 cm³/mol. The number of rotatable bonds is 9. The van der Waals surface area contributed by atoms with E-state index in [1.807, 2.05) is 54.6 Å². The molecule has 40 heavy (non-hydrogen) atoms. The number of benzene rings is 2. The number of hydrogen-bond acceptors (Lipinski definition) is 5. The molecule has 2 aliphatic carbocycles. The molecule has 2 aromatic carbocycles. The van der Waals surface area contributed by atoms with Gasteiger partial charge in [0.05, 0.1) is 18.0 Å². The van der Waals surface area contributed by atoms with Crippen LogP contribution in [0.15, 0.2) is 54.6 Å². The average Bonchev–Trinajstić information content (AvgIpc) is 3.55. The molecule has 1 heterocycles. The van der Waals surface area contributed by atoms with E-state index < -0.39 is 30.1 Å². The van der Waals surface area contributed by atoms with Crippen molar-refractivity contribution in [2.75, 3.05) is 13.6 Å². The van der Waals surface area contributed by atoms with Crippen molar-refractivity contribution in [2.45, 2.75) is 69.1 Å². The summed E-state index contributed by atoms with van der Waals surface area (Å²) in [6.45, 7) is 1.96. The number of fused-ring (bicyclic) bond motifs is 1. The van der Waals surface area contributed by atoms with Gasteiger partial charge in [0.15, 0.2) is 0 Å². The van der Waals surface area contributed by atoms with Gasteiger partial charge >= 0.3 is 0 Å². The molecular formula is C31H39N5O4. The Bertz CT molecular complexity index is 1260. The third-order valence-electron chi connectivity index (χ3n) is 8.57. The van der Waals surface area contributed by atoms with Crippen LogP contribution in [0.4, 0.5) is 0 Å². The number of nitrogens with one attached hydrogen (secondary N) is 3. The molecule has 2 fully saturated rings. The Labute approximate surface area is 235 Å². The first-order chi connectivity index (χ1) is 19.3. The van der Waals surface area contributed by atoms with Gasteiger partial charge in [0.2, 0.25) is 23.6 Å². The minimum absolute atomic E-state index is 0.0304. The molecular weight excluding hydrogens is 506 g/mol. The van der Waals surface area contributed by atoms with Crippen molar-refractivity contribution in [2.24, 2.45) is 17.6 Å². The van der Waals surface area contributed by atoms with Crippen LogP contribution in [0.1, 0.15) is 61.3 Å². The standard InChI is InChI=1S/C31H39N5O4/c1-18(32)28(37)34-25(14-19-12-13-19)31(40)36-17-22(20-8-4-3-5-9-20)16-26(36)30(39)35-27-23-11-7-6-10-21(23)15-24(27)29(38)33-2/h3-11,18-19,22,24-27H,12-17,32H2,1-2H3,(H,33,38)(H,34,37)(H,35,39)/t18?,22-,24+,25?,26-,27-/m0/s1. The van der Waals surface area contributed by atoms with Crippen LogP contribution in [0.25, 0.3) is 0 Å². The van der Waals surface area contributed by atoms with Crippen LogP contribution in [0.2, 0.25) is 0 Å². The number of carbonyl (C=O) groups is 4. The maximum atomic E-state index is 14.0. The third kappa shape index (κ3) is 5.89. The van der Waals surface area contributed by atoms with Gasteiger partial charge in [-0.05, 0) is 48.8 Å². The molecule has 3 aliphatic rings. The topological polar surface area (TPSA) is 134 Å². The van der Waals surface area contributed by atoms with Crippen molar-refractivity contribution in [3.8, 4) is 0 Å². The SMILES string of the molecule is CNC(=O)[C@@H]1Cc2ccccc2[C@@H]1NC(=O)[C@@H]1C[C@H](c2ccccc2)CN1C(=O)C(CC1CC1)NC(=O)C(C)N. The molecule has 0 spiro atoms. The average molecular weight is 546 g/mol. The van der Waals surface area contributed by atoms with E-state index in [0.717, 1.165) is 29.5 Å². The van der Waals surface area contributed by atoms with Crippen LogP contribution in [0, 0.1) is 11.8 Å². The van der Waals surface area contributed by atoms with Gasteiger partial charge in [-0.25, -0.2) is 0 Å². The zero-order chi connectivity index (χ0) is 28.4. The fourth-order valence-corrected chi connectivity index (χ4v) is 6.16. The lowest BCUT2D eigenvalue weighted by atomic mass is 9.95. The normalized spacial score (nSPS) is 25.0. The smallest absolute Gasteiger partial charge is 0.245 e. The molecule has 212 valence electrons. The first-order valence-electron chi connectivity index (χ1n) is 14.3.